The summed E-state index contributed by atoms with van der Waals surface area (Å²) in [6.45, 7) is 0.673. The number of fused-ring (bicyclic) bond motifs is 1. The summed E-state index contributed by atoms with van der Waals surface area (Å²) in [5, 5.41) is 8.71. The van der Waals surface area contributed by atoms with E-state index in [2.05, 4.69) is 9.97 Å². The van der Waals surface area contributed by atoms with Crippen LogP contribution in [0.5, 0.6) is 5.88 Å². The third kappa shape index (κ3) is 2.28. The van der Waals surface area contributed by atoms with E-state index in [1.54, 1.807) is 7.05 Å². The van der Waals surface area contributed by atoms with Gasteiger partial charge in [0, 0.05) is 7.05 Å². The van der Waals surface area contributed by atoms with E-state index >= 15 is 0 Å². The molecule has 1 aromatic rings. The average Bonchev–Trinajstić information content (AvgIpc) is 2.74. The lowest BCUT2D eigenvalue weighted by Crippen LogP contribution is -2.27. The summed E-state index contributed by atoms with van der Waals surface area (Å²) in [6.07, 6.45) is 0. The number of aromatic nitrogens is 2. The summed E-state index contributed by atoms with van der Waals surface area (Å²) in [4.78, 5) is 20.5. The van der Waals surface area contributed by atoms with Gasteiger partial charge in [-0.1, -0.05) is 0 Å². The molecule has 0 bridgehead atoms. The molecular formula is C10H13N3O4. The van der Waals surface area contributed by atoms with Crippen molar-refractivity contribution in [2.45, 2.75) is 13.2 Å². The molecule has 0 amide bonds. The molecule has 0 radical (unpaired) electrons. The standard InChI is InChI=1S/C10H13N3O4/c1-13(3-8(14)15)10-11-7-5-17-4-6(7)9(12-10)16-2/h3-5H2,1-2H3,(H,14,15). The molecular weight excluding hydrogens is 226 g/mol. The molecule has 0 fully saturated rings. The number of rotatable bonds is 4. The molecule has 0 unspecified atom stereocenters. The van der Waals surface area contributed by atoms with Crippen LogP contribution in [0.1, 0.15) is 11.3 Å². The zero-order valence-electron chi connectivity index (χ0n) is 9.63. The highest BCUT2D eigenvalue weighted by Crippen LogP contribution is 2.27. The van der Waals surface area contributed by atoms with E-state index in [0.717, 1.165) is 11.3 Å². The maximum Gasteiger partial charge on any atom is 0.323 e. The van der Waals surface area contributed by atoms with Crippen molar-refractivity contribution in [3.63, 3.8) is 0 Å². The number of carbonyl (C=O) groups is 1. The molecule has 0 spiro atoms. The van der Waals surface area contributed by atoms with Crippen LogP contribution in [0.15, 0.2) is 0 Å². The lowest BCUT2D eigenvalue weighted by atomic mass is 10.2. The molecule has 17 heavy (non-hydrogen) atoms. The van der Waals surface area contributed by atoms with Gasteiger partial charge in [-0.3, -0.25) is 4.79 Å². The highest BCUT2D eigenvalue weighted by molar-refractivity contribution is 5.72. The Bertz CT molecular complexity index is 449. The molecule has 0 saturated carbocycles. The first-order valence-corrected chi connectivity index (χ1v) is 5.06. The van der Waals surface area contributed by atoms with Crippen LogP contribution in [-0.4, -0.2) is 41.7 Å². The Kier molecular flexibility index (Phi) is 3.10. The molecule has 0 saturated heterocycles. The van der Waals surface area contributed by atoms with E-state index in [1.165, 1.54) is 12.0 Å². The molecule has 92 valence electrons. The first-order chi connectivity index (χ1) is 8.11. The second-order valence-electron chi connectivity index (χ2n) is 3.70. The van der Waals surface area contributed by atoms with Crippen molar-refractivity contribution in [2.24, 2.45) is 0 Å². The third-order valence-corrected chi connectivity index (χ3v) is 2.44. The van der Waals surface area contributed by atoms with Gasteiger partial charge in [-0.05, 0) is 0 Å². The fourth-order valence-electron chi connectivity index (χ4n) is 1.62. The van der Waals surface area contributed by atoms with E-state index in [0.29, 0.717) is 25.0 Å². The number of hydrogen-bond donors (Lipinski definition) is 1. The van der Waals surface area contributed by atoms with Crippen molar-refractivity contribution in [1.82, 2.24) is 9.97 Å². The number of hydrogen-bond acceptors (Lipinski definition) is 6. The highest BCUT2D eigenvalue weighted by atomic mass is 16.5. The maximum atomic E-state index is 10.6. The minimum absolute atomic E-state index is 0.164. The minimum Gasteiger partial charge on any atom is -0.481 e. The summed E-state index contributed by atoms with van der Waals surface area (Å²) in [5.74, 6) is -0.167. The minimum atomic E-state index is -0.938. The van der Waals surface area contributed by atoms with Crippen LogP contribution in [0.4, 0.5) is 5.95 Å². The smallest absolute Gasteiger partial charge is 0.323 e. The highest BCUT2D eigenvalue weighted by Gasteiger charge is 2.22. The number of ether oxygens (including phenoxy) is 2. The number of aliphatic carboxylic acids is 1. The van der Waals surface area contributed by atoms with Crippen molar-refractivity contribution >= 4 is 11.9 Å². The first kappa shape index (κ1) is 11.6. The number of likely N-dealkylation sites (N-methyl/N-ethyl adjacent to an activating group) is 1. The first-order valence-electron chi connectivity index (χ1n) is 5.06. The van der Waals surface area contributed by atoms with E-state index in [1.807, 2.05) is 0 Å². The number of carboxylic acid groups (broad SMARTS) is 1. The molecule has 0 aromatic carbocycles. The van der Waals surface area contributed by atoms with E-state index in [4.69, 9.17) is 14.6 Å². The average molecular weight is 239 g/mol. The molecule has 1 N–H and O–H groups in total. The molecule has 2 rings (SSSR count). The fourth-order valence-corrected chi connectivity index (χ4v) is 1.62. The van der Waals surface area contributed by atoms with Crippen LogP contribution in [-0.2, 0) is 22.7 Å². The SMILES string of the molecule is COc1nc(N(C)CC(=O)O)nc2c1COC2. The van der Waals surface area contributed by atoms with E-state index < -0.39 is 5.97 Å². The molecule has 0 atom stereocenters. The van der Waals surface area contributed by atoms with E-state index in [9.17, 15) is 4.79 Å². The molecule has 7 heteroatoms. The lowest BCUT2D eigenvalue weighted by molar-refractivity contribution is -0.135. The largest absolute Gasteiger partial charge is 0.481 e. The molecule has 1 aliphatic heterocycles. The molecule has 1 aliphatic rings. The molecule has 7 nitrogen and oxygen atoms in total. The lowest BCUT2D eigenvalue weighted by Gasteiger charge is -2.16. The molecule has 0 aliphatic carbocycles. The van der Waals surface area contributed by atoms with Crippen LogP contribution in [0, 0.1) is 0 Å². The number of nitrogens with zero attached hydrogens (tertiary/aromatic N) is 3. The molecule has 1 aromatic heterocycles. The number of carboxylic acids is 1. The van der Waals surface area contributed by atoms with Gasteiger partial charge in [0.15, 0.2) is 0 Å². The van der Waals surface area contributed by atoms with Crippen molar-refractivity contribution in [2.75, 3.05) is 25.6 Å². The Hall–Kier alpha value is -1.89. The summed E-state index contributed by atoms with van der Waals surface area (Å²) in [6, 6.07) is 0. The van der Waals surface area contributed by atoms with Gasteiger partial charge < -0.3 is 19.5 Å². The monoisotopic (exact) mass is 239 g/mol. The van der Waals surface area contributed by atoms with E-state index in [-0.39, 0.29) is 6.54 Å². The van der Waals surface area contributed by atoms with Crippen molar-refractivity contribution in [3.05, 3.63) is 11.3 Å². The Morgan fingerprint density at radius 3 is 2.94 bits per heavy atom. The maximum absolute atomic E-state index is 10.6. The summed E-state index contributed by atoms with van der Waals surface area (Å²) < 4.78 is 10.4. The predicted octanol–water partition coefficient (Wildman–Crippen LogP) is 0.0362. The van der Waals surface area contributed by atoms with Crippen LogP contribution in [0.2, 0.25) is 0 Å². The van der Waals surface area contributed by atoms with Crippen molar-refractivity contribution in [3.8, 4) is 5.88 Å². The van der Waals surface area contributed by atoms with Crippen LogP contribution in [0.3, 0.4) is 0 Å². The van der Waals surface area contributed by atoms with Gasteiger partial charge in [-0.2, -0.15) is 4.98 Å². The second-order valence-corrected chi connectivity index (χ2v) is 3.70. The Morgan fingerprint density at radius 1 is 1.53 bits per heavy atom. The normalized spacial score (nSPS) is 13.3. The number of anilines is 1. The summed E-state index contributed by atoms with van der Waals surface area (Å²) in [7, 11) is 3.13. The Morgan fingerprint density at radius 2 is 2.29 bits per heavy atom. The van der Waals surface area contributed by atoms with Gasteiger partial charge >= 0.3 is 5.97 Å². The topological polar surface area (TPSA) is 84.8 Å². The number of methoxy groups -OCH3 is 1. The summed E-state index contributed by atoms with van der Waals surface area (Å²) >= 11 is 0. The zero-order chi connectivity index (χ0) is 12.4. The third-order valence-electron chi connectivity index (χ3n) is 2.44. The van der Waals surface area contributed by atoms with Crippen LogP contribution >= 0.6 is 0 Å². The van der Waals surface area contributed by atoms with Crippen molar-refractivity contribution < 1.29 is 19.4 Å². The quantitative estimate of drug-likeness (QED) is 0.793. The van der Waals surface area contributed by atoms with Gasteiger partial charge in [0.1, 0.15) is 6.54 Å². The van der Waals surface area contributed by atoms with Gasteiger partial charge in [-0.25, -0.2) is 4.98 Å². The predicted molar refractivity (Wildman–Crippen MR) is 58.0 cm³/mol. The zero-order valence-corrected chi connectivity index (χ0v) is 9.63. The van der Waals surface area contributed by atoms with Gasteiger partial charge in [0.2, 0.25) is 11.8 Å². The van der Waals surface area contributed by atoms with Gasteiger partial charge in [-0.15, -0.1) is 0 Å². The van der Waals surface area contributed by atoms with Crippen molar-refractivity contribution in [1.29, 1.82) is 0 Å². The Labute approximate surface area is 98.0 Å². The van der Waals surface area contributed by atoms with Gasteiger partial charge in [0.05, 0.1) is 31.6 Å². The Balaban J connectivity index is 2.33. The van der Waals surface area contributed by atoms with Gasteiger partial charge in [0.25, 0.3) is 0 Å². The summed E-state index contributed by atoms with van der Waals surface area (Å²) in [5.41, 5.74) is 1.59. The fraction of sp³-hybridized carbons (Fsp3) is 0.500. The van der Waals surface area contributed by atoms with Crippen LogP contribution in [0.25, 0.3) is 0 Å². The second kappa shape index (κ2) is 4.54. The molecule has 2 heterocycles. The van der Waals surface area contributed by atoms with Crippen LogP contribution < -0.4 is 9.64 Å².